The fraction of sp³-hybridized carbons (Fsp3) is 0.167. The number of hydrogen-bond donors (Lipinski definition) is 1. The van der Waals surface area contributed by atoms with Gasteiger partial charge in [0.05, 0.1) is 0 Å². The Hall–Kier alpha value is -1.45. The number of allylic oxidation sites excluding steroid dienone is 2. The Balaban J connectivity index is 3.70. The third-order valence-corrected chi connectivity index (χ3v) is 0.756. The standard InChI is InChI=1S/C6H6O4/c7-4-2-1-3-5(8)6(9)10/h1-2,4H,3H2,(H,9,10)/b2-1+. The lowest BCUT2D eigenvalue weighted by Crippen LogP contribution is -2.10. The number of carbonyl (C=O) groups is 3. The molecule has 0 bridgehead atoms. The maximum absolute atomic E-state index is 10.3. The van der Waals surface area contributed by atoms with Crippen molar-refractivity contribution in [3.05, 3.63) is 12.2 Å². The summed E-state index contributed by atoms with van der Waals surface area (Å²) in [5.41, 5.74) is 0. The predicted molar refractivity (Wildman–Crippen MR) is 32.5 cm³/mol. The van der Waals surface area contributed by atoms with E-state index in [4.69, 9.17) is 5.11 Å². The lowest BCUT2D eigenvalue weighted by molar-refractivity contribution is -0.148. The van der Waals surface area contributed by atoms with E-state index in [0.29, 0.717) is 6.29 Å². The van der Waals surface area contributed by atoms with Crippen molar-refractivity contribution in [2.24, 2.45) is 0 Å². The Morgan fingerprint density at radius 3 is 2.40 bits per heavy atom. The first-order valence-corrected chi connectivity index (χ1v) is 2.55. The molecular weight excluding hydrogens is 136 g/mol. The Labute approximate surface area is 57.2 Å². The van der Waals surface area contributed by atoms with E-state index in [1.54, 1.807) is 0 Å². The van der Waals surface area contributed by atoms with Gasteiger partial charge in [0, 0.05) is 6.42 Å². The molecule has 0 saturated heterocycles. The van der Waals surface area contributed by atoms with E-state index in [1.165, 1.54) is 6.08 Å². The molecule has 10 heavy (non-hydrogen) atoms. The van der Waals surface area contributed by atoms with Gasteiger partial charge in [-0.1, -0.05) is 6.08 Å². The molecule has 0 amide bonds. The molecule has 4 heteroatoms. The highest BCUT2D eigenvalue weighted by molar-refractivity contribution is 6.33. The zero-order valence-electron chi connectivity index (χ0n) is 5.11. The van der Waals surface area contributed by atoms with Crippen molar-refractivity contribution in [3.8, 4) is 0 Å². The summed E-state index contributed by atoms with van der Waals surface area (Å²) in [4.78, 5) is 29.7. The van der Waals surface area contributed by atoms with Gasteiger partial charge in [-0.05, 0) is 6.08 Å². The van der Waals surface area contributed by atoms with Gasteiger partial charge in [-0.15, -0.1) is 0 Å². The first kappa shape index (κ1) is 8.55. The predicted octanol–water partition coefficient (Wildman–Crippen LogP) is -0.215. The van der Waals surface area contributed by atoms with Gasteiger partial charge in [-0.2, -0.15) is 0 Å². The molecule has 0 unspecified atom stereocenters. The van der Waals surface area contributed by atoms with E-state index < -0.39 is 11.8 Å². The number of carboxylic acid groups (broad SMARTS) is 1. The molecule has 0 aromatic carbocycles. The maximum Gasteiger partial charge on any atom is 0.372 e. The van der Waals surface area contributed by atoms with Crippen molar-refractivity contribution in [3.63, 3.8) is 0 Å². The SMILES string of the molecule is O=C/C=C/CC(=O)C(=O)O. The van der Waals surface area contributed by atoms with E-state index in [-0.39, 0.29) is 6.42 Å². The third-order valence-electron chi connectivity index (χ3n) is 0.756. The normalized spacial score (nSPS) is 9.60. The number of aliphatic carboxylic acids is 1. The van der Waals surface area contributed by atoms with Crippen LogP contribution in [0.4, 0.5) is 0 Å². The molecule has 0 aliphatic rings. The molecule has 0 aliphatic heterocycles. The lowest BCUT2D eigenvalue weighted by atomic mass is 10.3. The van der Waals surface area contributed by atoms with E-state index in [0.717, 1.165) is 6.08 Å². The quantitative estimate of drug-likeness (QED) is 0.335. The Morgan fingerprint density at radius 1 is 1.40 bits per heavy atom. The molecule has 0 aliphatic carbocycles. The molecular formula is C6H6O4. The molecule has 0 radical (unpaired) electrons. The summed E-state index contributed by atoms with van der Waals surface area (Å²) in [6, 6.07) is 0. The molecule has 0 spiro atoms. The van der Waals surface area contributed by atoms with Crippen LogP contribution in [0, 0.1) is 0 Å². The van der Waals surface area contributed by atoms with Crippen molar-refractivity contribution in [2.75, 3.05) is 0 Å². The van der Waals surface area contributed by atoms with Gasteiger partial charge >= 0.3 is 5.97 Å². The van der Waals surface area contributed by atoms with Crippen molar-refractivity contribution in [2.45, 2.75) is 6.42 Å². The minimum absolute atomic E-state index is 0.228. The van der Waals surface area contributed by atoms with Gasteiger partial charge in [0.15, 0.2) is 0 Å². The van der Waals surface area contributed by atoms with Crippen LogP contribution in [-0.4, -0.2) is 23.1 Å². The van der Waals surface area contributed by atoms with Crippen LogP contribution >= 0.6 is 0 Å². The monoisotopic (exact) mass is 142 g/mol. The minimum atomic E-state index is -1.48. The smallest absolute Gasteiger partial charge is 0.372 e. The average Bonchev–Trinajstić information content (AvgIpc) is 1.88. The molecule has 0 fully saturated rings. The second-order valence-electron chi connectivity index (χ2n) is 1.50. The van der Waals surface area contributed by atoms with Crippen LogP contribution in [0.1, 0.15) is 6.42 Å². The fourth-order valence-electron chi connectivity index (χ4n) is 0.318. The van der Waals surface area contributed by atoms with Crippen LogP contribution in [0.2, 0.25) is 0 Å². The lowest BCUT2D eigenvalue weighted by Gasteiger charge is -1.83. The highest BCUT2D eigenvalue weighted by Gasteiger charge is 2.07. The summed E-state index contributed by atoms with van der Waals surface area (Å²) in [6.07, 6.45) is 2.54. The van der Waals surface area contributed by atoms with Crippen LogP contribution < -0.4 is 0 Å². The molecule has 0 aromatic rings. The van der Waals surface area contributed by atoms with Crippen LogP contribution in [0.5, 0.6) is 0 Å². The van der Waals surface area contributed by atoms with Gasteiger partial charge in [0.25, 0.3) is 0 Å². The molecule has 54 valence electrons. The first-order valence-electron chi connectivity index (χ1n) is 2.55. The number of ketones is 1. The zero-order chi connectivity index (χ0) is 7.98. The molecule has 4 nitrogen and oxygen atoms in total. The van der Waals surface area contributed by atoms with Crippen molar-refractivity contribution in [1.82, 2.24) is 0 Å². The second kappa shape index (κ2) is 4.43. The molecule has 0 rings (SSSR count). The van der Waals surface area contributed by atoms with E-state index in [1.807, 2.05) is 0 Å². The van der Waals surface area contributed by atoms with Gasteiger partial charge in [0.2, 0.25) is 5.78 Å². The van der Waals surface area contributed by atoms with Gasteiger partial charge in [-0.3, -0.25) is 9.59 Å². The van der Waals surface area contributed by atoms with Crippen molar-refractivity contribution < 1.29 is 19.5 Å². The van der Waals surface area contributed by atoms with Gasteiger partial charge in [0.1, 0.15) is 6.29 Å². The topological polar surface area (TPSA) is 71.4 Å². The Bertz CT molecular complexity index is 180. The average molecular weight is 142 g/mol. The van der Waals surface area contributed by atoms with Gasteiger partial charge < -0.3 is 5.11 Å². The zero-order valence-corrected chi connectivity index (χ0v) is 5.11. The van der Waals surface area contributed by atoms with Crippen LogP contribution in [0.15, 0.2) is 12.2 Å². The summed E-state index contributed by atoms with van der Waals surface area (Å²) in [5, 5.41) is 8.01. The minimum Gasteiger partial charge on any atom is -0.475 e. The highest BCUT2D eigenvalue weighted by Crippen LogP contribution is 1.84. The Morgan fingerprint density at radius 2 is 2.00 bits per heavy atom. The largest absolute Gasteiger partial charge is 0.475 e. The Kier molecular flexibility index (Phi) is 3.79. The molecule has 0 aromatic heterocycles. The van der Waals surface area contributed by atoms with Crippen molar-refractivity contribution in [1.29, 1.82) is 0 Å². The molecule has 0 atom stereocenters. The van der Waals surface area contributed by atoms with E-state index in [2.05, 4.69) is 0 Å². The maximum atomic E-state index is 10.3. The third kappa shape index (κ3) is 3.54. The highest BCUT2D eigenvalue weighted by atomic mass is 16.4. The van der Waals surface area contributed by atoms with Gasteiger partial charge in [-0.25, -0.2) is 4.79 Å². The number of Topliss-reactive ketones (excluding diaryl/α,β-unsaturated/α-hetero) is 1. The van der Waals surface area contributed by atoms with Crippen LogP contribution in [0.3, 0.4) is 0 Å². The van der Waals surface area contributed by atoms with E-state index >= 15 is 0 Å². The summed E-state index contributed by atoms with van der Waals surface area (Å²) < 4.78 is 0. The number of hydrogen-bond acceptors (Lipinski definition) is 3. The van der Waals surface area contributed by atoms with Crippen LogP contribution in [0.25, 0.3) is 0 Å². The number of aldehydes is 1. The fourth-order valence-corrected chi connectivity index (χ4v) is 0.318. The number of rotatable bonds is 4. The number of carboxylic acids is 1. The van der Waals surface area contributed by atoms with Crippen molar-refractivity contribution >= 4 is 18.0 Å². The number of carbonyl (C=O) groups excluding carboxylic acids is 2. The van der Waals surface area contributed by atoms with E-state index in [9.17, 15) is 14.4 Å². The summed E-state index contributed by atoms with van der Waals surface area (Å²) in [5.74, 6) is -2.39. The molecule has 0 heterocycles. The second-order valence-corrected chi connectivity index (χ2v) is 1.50. The summed E-state index contributed by atoms with van der Waals surface area (Å²) in [7, 11) is 0. The molecule has 0 saturated carbocycles. The first-order chi connectivity index (χ1) is 4.68. The summed E-state index contributed by atoms with van der Waals surface area (Å²) in [6.45, 7) is 0. The van der Waals surface area contributed by atoms with Crippen LogP contribution in [-0.2, 0) is 14.4 Å². The molecule has 1 N–H and O–H groups in total. The summed E-state index contributed by atoms with van der Waals surface area (Å²) >= 11 is 0.